The smallest absolute Gasteiger partial charge is 0.127 e. The average molecular weight is 226 g/mol. The molecule has 1 fully saturated rings. The van der Waals surface area contributed by atoms with E-state index in [1.54, 1.807) is 9.80 Å². The van der Waals surface area contributed by atoms with Gasteiger partial charge >= 0.3 is 0 Å². The van der Waals surface area contributed by atoms with Gasteiger partial charge in [0.25, 0.3) is 0 Å². The monoisotopic (exact) mass is 226 g/mol. The minimum Gasteiger partial charge on any atom is -0.391 e. The van der Waals surface area contributed by atoms with Crippen LogP contribution in [0.25, 0.3) is 0 Å². The Balaban J connectivity index is 1.66. The maximum Gasteiger partial charge on any atom is 0.127 e. The second kappa shape index (κ2) is 6.38. The van der Waals surface area contributed by atoms with Gasteiger partial charge in [-0.05, 0) is 19.3 Å². The minimum atomic E-state index is 0.345. The first-order valence-electron chi connectivity index (χ1n) is 6.81. The van der Waals surface area contributed by atoms with Crippen molar-refractivity contribution in [1.29, 1.82) is 0 Å². The minimum absolute atomic E-state index is 0.345. The lowest BCUT2D eigenvalue weighted by Gasteiger charge is -2.31. The highest BCUT2D eigenvalue weighted by Crippen LogP contribution is 2.15. The Kier molecular flexibility index (Phi) is 4.82. The summed E-state index contributed by atoms with van der Waals surface area (Å²) >= 11 is 0. The highest BCUT2D eigenvalue weighted by molar-refractivity contribution is 4.89. The zero-order chi connectivity index (χ0) is 11.2. The predicted molar refractivity (Wildman–Crippen MR) is 64.7 cm³/mol. The summed E-state index contributed by atoms with van der Waals surface area (Å²) < 4.78 is 0. The first-order valence-corrected chi connectivity index (χ1v) is 6.81. The lowest BCUT2D eigenvalue weighted by molar-refractivity contribution is -1.01. The van der Waals surface area contributed by atoms with Gasteiger partial charge in [-0.15, -0.1) is 0 Å². The molecular formula is C13H26N2O+2. The van der Waals surface area contributed by atoms with Gasteiger partial charge in [-0.1, -0.05) is 12.2 Å². The summed E-state index contributed by atoms with van der Waals surface area (Å²) in [6, 6.07) is 0. The van der Waals surface area contributed by atoms with Crippen LogP contribution in [0.2, 0.25) is 0 Å². The molecule has 3 nitrogen and oxygen atoms in total. The quantitative estimate of drug-likeness (QED) is 0.481. The summed E-state index contributed by atoms with van der Waals surface area (Å²) in [5, 5.41) is 8.91. The third-order valence-electron chi connectivity index (χ3n) is 4.08. The Morgan fingerprint density at radius 2 is 1.81 bits per heavy atom. The lowest BCUT2D eigenvalue weighted by atomic mass is 9.94. The van der Waals surface area contributed by atoms with Crippen LogP contribution < -0.4 is 9.80 Å². The van der Waals surface area contributed by atoms with E-state index in [2.05, 4.69) is 12.2 Å². The standard InChI is InChI=1S/C13H24N2O/c16-11-10-14-6-8-15(9-7-14)12-13-4-2-1-3-5-13/h1-2,13,16H,3-12H2/p+2/t13-/m1/s1. The Hall–Kier alpha value is -0.380. The van der Waals surface area contributed by atoms with Gasteiger partial charge in [0.15, 0.2) is 0 Å². The normalized spacial score (nSPS) is 35.2. The highest BCUT2D eigenvalue weighted by Gasteiger charge is 2.24. The van der Waals surface area contributed by atoms with Gasteiger partial charge in [-0.2, -0.15) is 0 Å². The van der Waals surface area contributed by atoms with Gasteiger partial charge in [0.2, 0.25) is 0 Å². The molecule has 1 heterocycles. The van der Waals surface area contributed by atoms with Gasteiger partial charge in [0, 0.05) is 5.92 Å². The van der Waals surface area contributed by atoms with Crippen LogP contribution in [-0.4, -0.2) is 51.0 Å². The zero-order valence-electron chi connectivity index (χ0n) is 10.3. The molecule has 0 bridgehead atoms. The van der Waals surface area contributed by atoms with Crippen molar-refractivity contribution in [3.63, 3.8) is 0 Å². The Labute approximate surface area is 98.7 Å². The van der Waals surface area contributed by atoms with Crippen LogP contribution in [0.1, 0.15) is 19.3 Å². The molecule has 0 amide bonds. The molecule has 0 aromatic rings. The maximum atomic E-state index is 8.91. The molecule has 1 aliphatic heterocycles. The van der Waals surface area contributed by atoms with E-state index in [9.17, 15) is 0 Å². The summed E-state index contributed by atoms with van der Waals surface area (Å²) in [6.07, 6.45) is 8.68. The van der Waals surface area contributed by atoms with E-state index in [1.807, 2.05) is 0 Å². The van der Waals surface area contributed by atoms with Crippen molar-refractivity contribution < 1.29 is 14.9 Å². The fourth-order valence-electron chi connectivity index (χ4n) is 3.02. The molecule has 2 rings (SSSR count). The van der Waals surface area contributed by atoms with Crippen LogP contribution in [0.4, 0.5) is 0 Å². The van der Waals surface area contributed by atoms with Crippen molar-refractivity contribution in [1.82, 2.24) is 0 Å². The second-order valence-corrected chi connectivity index (χ2v) is 5.33. The van der Waals surface area contributed by atoms with Crippen LogP contribution in [0.15, 0.2) is 12.2 Å². The van der Waals surface area contributed by atoms with Crippen LogP contribution in [-0.2, 0) is 0 Å². The summed E-state index contributed by atoms with van der Waals surface area (Å²) in [6.45, 7) is 7.76. The van der Waals surface area contributed by atoms with Crippen molar-refractivity contribution in [3.05, 3.63) is 12.2 Å². The van der Waals surface area contributed by atoms with E-state index >= 15 is 0 Å². The molecule has 2 aliphatic rings. The molecule has 16 heavy (non-hydrogen) atoms. The van der Waals surface area contributed by atoms with Crippen molar-refractivity contribution >= 4 is 0 Å². The molecule has 0 unspecified atom stereocenters. The molecule has 0 aromatic heterocycles. The Morgan fingerprint density at radius 1 is 1.06 bits per heavy atom. The summed E-state index contributed by atoms with van der Waals surface area (Å²) in [7, 11) is 0. The molecule has 3 N–H and O–H groups in total. The van der Waals surface area contributed by atoms with Gasteiger partial charge in [-0.3, -0.25) is 0 Å². The molecule has 1 atom stereocenters. The summed E-state index contributed by atoms with van der Waals surface area (Å²) in [4.78, 5) is 3.39. The molecule has 0 saturated carbocycles. The number of piperazine rings is 1. The van der Waals surface area contributed by atoms with Gasteiger partial charge in [-0.25, -0.2) is 0 Å². The van der Waals surface area contributed by atoms with Crippen molar-refractivity contribution in [2.75, 3.05) is 45.9 Å². The predicted octanol–water partition coefficient (Wildman–Crippen LogP) is -1.88. The van der Waals surface area contributed by atoms with Crippen LogP contribution in [0.5, 0.6) is 0 Å². The zero-order valence-corrected chi connectivity index (χ0v) is 10.3. The molecule has 0 aromatic carbocycles. The number of allylic oxidation sites excluding steroid dienone is 2. The van der Waals surface area contributed by atoms with E-state index in [0.717, 1.165) is 12.5 Å². The number of aliphatic hydroxyl groups excluding tert-OH is 1. The molecule has 0 radical (unpaired) electrons. The fraction of sp³-hybridized carbons (Fsp3) is 0.846. The van der Waals surface area contributed by atoms with E-state index in [4.69, 9.17) is 5.11 Å². The summed E-state index contributed by atoms with van der Waals surface area (Å²) in [5.74, 6) is 0.930. The molecular weight excluding hydrogens is 200 g/mol. The van der Waals surface area contributed by atoms with E-state index in [0.29, 0.717) is 6.61 Å². The number of hydrogen-bond acceptors (Lipinski definition) is 1. The number of aliphatic hydroxyl groups is 1. The SMILES string of the molecule is OCC[NH+]1CC[NH+](C[C@@H]2CC=CCC2)CC1. The van der Waals surface area contributed by atoms with E-state index < -0.39 is 0 Å². The average Bonchev–Trinajstić information content (AvgIpc) is 2.33. The largest absolute Gasteiger partial charge is 0.391 e. The lowest BCUT2D eigenvalue weighted by Crippen LogP contribution is -3.28. The Bertz CT molecular complexity index is 222. The first kappa shape index (κ1) is 12.1. The highest BCUT2D eigenvalue weighted by atomic mass is 16.3. The molecule has 1 aliphatic carbocycles. The van der Waals surface area contributed by atoms with Gasteiger partial charge in [0.1, 0.15) is 32.7 Å². The van der Waals surface area contributed by atoms with Crippen molar-refractivity contribution in [2.45, 2.75) is 19.3 Å². The van der Waals surface area contributed by atoms with Crippen LogP contribution in [0.3, 0.4) is 0 Å². The van der Waals surface area contributed by atoms with Gasteiger partial charge in [0.05, 0.1) is 13.2 Å². The van der Waals surface area contributed by atoms with E-state index in [1.165, 1.54) is 52.0 Å². The fourth-order valence-corrected chi connectivity index (χ4v) is 3.02. The van der Waals surface area contributed by atoms with E-state index in [-0.39, 0.29) is 0 Å². The second-order valence-electron chi connectivity index (χ2n) is 5.33. The van der Waals surface area contributed by atoms with Crippen molar-refractivity contribution in [3.8, 4) is 0 Å². The molecule has 3 heteroatoms. The third kappa shape index (κ3) is 3.58. The molecule has 0 spiro atoms. The Morgan fingerprint density at radius 3 is 2.44 bits per heavy atom. The van der Waals surface area contributed by atoms with Gasteiger partial charge < -0.3 is 14.9 Å². The number of quaternary nitrogens is 2. The number of nitrogens with one attached hydrogen (secondary N) is 2. The maximum absolute atomic E-state index is 8.91. The first-order chi connectivity index (χ1) is 7.88. The van der Waals surface area contributed by atoms with Crippen LogP contribution in [0, 0.1) is 5.92 Å². The molecule has 1 saturated heterocycles. The summed E-state index contributed by atoms with van der Waals surface area (Å²) in [5.41, 5.74) is 0. The number of rotatable bonds is 4. The molecule has 92 valence electrons. The van der Waals surface area contributed by atoms with Crippen LogP contribution >= 0.6 is 0 Å². The topological polar surface area (TPSA) is 29.1 Å². The number of hydrogen-bond donors (Lipinski definition) is 3. The van der Waals surface area contributed by atoms with Crippen molar-refractivity contribution in [2.24, 2.45) is 5.92 Å². The third-order valence-corrected chi connectivity index (χ3v) is 4.08.